The summed E-state index contributed by atoms with van der Waals surface area (Å²) in [5.41, 5.74) is 1.47. The van der Waals surface area contributed by atoms with Crippen molar-refractivity contribution in [3.63, 3.8) is 0 Å². The average molecular weight is 552 g/mol. The van der Waals surface area contributed by atoms with E-state index in [1.807, 2.05) is 0 Å². The Morgan fingerprint density at radius 3 is 1.87 bits per heavy atom. The Kier molecular flexibility index (Phi) is 7.70. The van der Waals surface area contributed by atoms with Crippen molar-refractivity contribution in [2.24, 2.45) is 0 Å². The molecule has 4 aromatic rings. The molecule has 0 saturated heterocycles. The van der Waals surface area contributed by atoms with Crippen molar-refractivity contribution < 1.29 is 26.4 Å². The van der Waals surface area contributed by atoms with Crippen LogP contribution in [0.15, 0.2) is 113 Å². The molecule has 0 atom stereocenters. The number of hydrogen-bond donors (Lipinski definition) is 2. The Balaban J connectivity index is 1.41. The summed E-state index contributed by atoms with van der Waals surface area (Å²) in [5, 5.41) is 2.70. The highest BCUT2D eigenvalue weighted by atomic mass is 32.2. The highest BCUT2D eigenvalue weighted by Gasteiger charge is 2.21. The van der Waals surface area contributed by atoms with Crippen molar-refractivity contribution in [1.29, 1.82) is 0 Å². The van der Waals surface area contributed by atoms with Crippen LogP contribution in [0.3, 0.4) is 0 Å². The summed E-state index contributed by atoms with van der Waals surface area (Å²) in [6.45, 7) is 0. The fraction of sp³-hybridized carbons (Fsp3) is 0.0741. The van der Waals surface area contributed by atoms with E-state index < -0.39 is 26.0 Å². The standard InChI is InChI=1S/C27H25N3O6S2/c1-30(38(34,35)26-6-4-3-5-7-26)23-14-8-20(9-15-23)27(31)28-21-12-18-25(19-13-21)37(32,33)29-22-10-16-24(36-2)17-11-22/h3-19,29H,1-2H3,(H,28,31). The third-order valence-corrected chi connectivity index (χ3v) is 8.86. The first-order valence-electron chi connectivity index (χ1n) is 11.3. The number of amides is 1. The Labute approximate surface area is 221 Å². The van der Waals surface area contributed by atoms with Crippen LogP contribution in [0, 0.1) is 0 Å². The lowest BCUT2D eigenvalue weighted by Crippen LogP contribution is -2.26. The molecule has 0 bridgehead atoms. The molecule has 4 rings (SSSR count). The number of ether oxygens (including phenoxy) is 1. The van der Waals surface area contributed by atoms with Gasteiger partial charge in [0.1, 0.15) is 5.75 Å². The molecule has 0 saturated carbocycles. The van der Waals surface area contributed by atoms with E-state index in [2.05, 4.69) is 10.0 Å². The first-order chi connectivity index (χ1) is 18.1. The van der Waals surface area contributed by atoms with Crippen LogP contribution in [0.2, 0.25) is 0 Å². The third-order valence-electron chi connectivity index (χ3n) is 5.66. The number of benzene rings is 4. The van der Waals surface area contributed by atoms with Crippen molar-refractivity contribution in [3.8, 4) is 5.75 Å². The Morgan fingerprint density at radius 1 is 0.711 bits per heavy atom. The minimum atomic E-state index is -3.83. The Hall–Kier alpha value is -4.35. The van der Waals surface area contributed by atoms with Gasteiger partial charge in [-0.1, -0.05) is 18.2 Å². The molecule has 1 amide bonds. The van der Waals surface area contributed by atoms with E-state index in [0.717, 1.165) is 4.31 Å². The fourth-order valence-corrected chi connectivity index (χ4v) is 5.78. The minimum absolute atomic E-state index is 0.0262. The van der Waals surface area contributed by atoms with E-state index in [1.165, 1.54) is 74.8 Å². The molecule has 0 aromatic heterocycles. The van der Waals surface area contributed by atoms with Gasteiger partial charge in [0.15, 0.2) is 0 Å². The number of rotatable bonds is 9. The van der Waals surface area contributed by atoms with Crippen molar-refractivity contribution in [2.45, 2.75) is 9.79 Å². The van der Waals surface area contributed by atoms with Crippen LogP contribution < -0.4 is 19.1 Å². The van der Waals surface area contributed by atoms with E-state index >= 15 is 0 Å². The van der Waals surface area contributed by atoms with Crippen molar-refractivity contribution in [3.05, 3.63) is 109 Å². The molecule has 0 aliphatic carbocycles. The molecule has 0 unspecified atom stereocenters. The fourth-order valence-electron chi connectivity index (χ4n) is 3.51. The number of carbonyl (C=O) groups is 1. The molecule has 0 fully saturated rings. The smallest absolute Gasteiger partial charge is 0.264 e. The van der Waals surface area contributed by atoms with Gasteiger partial charge >= 0.3 is 0 Å². The van der Waals surface area contributed by atoms with Gasteiger partial charge in [0, 0.05) is 24.0 Å². The first kappa shape index (κ1) is 26.7. The predicted molar refractivity (Wildman–Crippen MR) is 147 cm³/mol. The second-order valence-electron chi connectivity index (χ2n) is 8.14. The van der Waals surface area contributed by atoms with Gasteiger partial charge < -0.3 is 10.1 Å². The van der Waals surface area contributed by atoms with Crippen LogP contribution in [-0.2, 0) is 20.0 Å². The lowest BCUT2D eigenvalue weighted by atomic mass is 10.2. The first-order valence-corrected chi connectivity index (χ1v) is 14.2. The summed E-state index contributed by atoms with van der Waals surface area (Å²) < 4.78 is 59.7. The molecule has 0 radical (unpaired) electrons. The number of sulfonamides is 2. The van der Waals surface area contributed by atoms with Gasteiger partial charge in [0.2, 0.25) is 0 Å². The largest absolute Gasteiger partial charge is 0.497 e. The molecule has 11 heteroatoms. The molecule has 9 nitrogen and oxygen atoms in total. The summed E-state index contributed by atoms with van der Waals surface area (Å²) in [4.78, 5) is 12.9. The monoisotopic (exact) mass is 551 g/mol. The topological polar surface area (TPSA) is 122 Å². The van der Waals surface area contributed by atoms with E-state index in [0.29, 0.717) is 28.4 Å². The second kappa shape index (κ2) is 11.0. The number of methoxy groups -OCH3 is 1. The number of carbonyl (C=O) groups excluding carboxylic acids is 1. The van der Waals surface area contributed by atoms with Gasteiger partial charge in [-0.15, -0.1) is 0 Å². The maximum absolute atomic E-state index is 12.8. The van der Waals surface area contributed by atoms with Gasteiger partial charge in [0.05, 0.1) is 22.6 Å². The second-order valence-corrected chi connectivity index (χ2v) is 11.8. The number of anilines is 3. The summed E-state index contributed by atoms with van der Waals surface area (Å²) in [5.74, 6) is 0.170. The zero-order valence-electron chi connectivity index (χ0n) is 20.5. The van der Waals surface area contributed by atoms with Crippen molar-refractivity contribution >= 4 is 43.0 Å². The van der Waals surface area contributed by atoms with Crippen LogP contribution in [-0.4, -0.2) is 36.9 Å². The molecule has 196 valence electrons. The molecular formula is C27H25N3O6S2. The maximum Gasteiger partial charge on any atom is 0.264 e. The predicted octanol–water partition coefficient (Wildman–Crippen LogP) is 4.57. The van der Waals surface area contributed by atoms with Gasteiger partial charge in [-0.05, 0) is 84.9 Å². The Bertz CT molecular complexity index is 1620. The van der Waals surface area contributed by atoms with E-state index in [-0.39, 0.29) is 9.79 Å². The lowest BCUT2D eigenvalue weighted by molar-refractivity contribution is 0.102. The van der Waals surface area contributed by atoms with Gasteiger partial charge in [-0.3, -0.25) is 13.8 Å². The quantitative estimate of drug-likeness (QED) is 0.314. The third kappa shape index (κ3) is 5.96. The molecule has 0 spiro atoms. The highest BCUT2D eigenvalue weighted by Crippen LogP contribution is 2.24. The van der Waals surface area contributed by atoms with Crippen LogP contribution >= 0.6 is 0 Å². The van der Waals surface area contributed by atoms with E-state index in [1.54, 1.807) is 42.5 Å². The zero-order valence-corrected chi connectivity index (χ0v) is 22.2. The SMILES string of the molecule is COc1ccc(NS(=O)(=O)c2ccc(NC(=O)c3ccc(N(C)S(=O)(=O)c4ccccc4)cc3)cc2)cc1. The van der Waals surface area contributed by atoms with Gasteiger partial charge in [-0.25, -0.2) is 16.8 Å². The normalized spacial score (nSPS) is 11.4. The molecule has 0 heterocycles. The molecular weight excluding hydrogens is 526 g/mol. The van der Waals surface area contributed by atoms with Crippen LogP contribution in [0.25, 0.3) is 0 Å². The molecule has 0 aliphatic rings. The molecule has 4 aromatic carbocycles. The van der Waals surface area contributed by atoms with Crippen molar-refractivity contribution in [1.82, 2.24) is 0 Å². The van der Waals surface area contributed by atoms with E-state index in [9.17, 15) is 21.6 Å². The van der Waals surface area contributed by atoms with Gasteiger partial charge in [0.25, 0.3) is 26.0 Å². The summed E-state index contributed by atoms with van der Waals surface area (Å²) in [6, 6.07) is 26.3. The summed E-state index contributed by atoms with van der Waals surface area (Å²) >= 11 is 0. The van der Waals surface area contributed by atoms with E-state index in [4.69, 9.17) is 4.74 Å². The van der Waals surface area contributed by atoms with Crippen LogP contribution in [0.1, 0.15) is 10.4 Å². The van der Waals surface area contributed by atoms with Crippen molar-refractivity contribution in [2.75, 3.05) is 28.5 Å². The summed E-state index contributed by atoms with van der Waals surface area (Å²) in [7, 11) is -4.61. The summed E-state index contributed by atoms with van der Waals surface area (Å²) in [6.07, 6.45) is 0. The van der Waals surface area contributed by atoms with Crippen LogP contribution in [0.4, 0.5) is 17.1 Å². The number of nitrogens with zero attached hydrogens (tertiary/aromatic N) is 1. The highest BCUT2D eigenvalue weighted by molar-refractivity contribution is 7.93. The molecule has 38 heavy (non-hydrogen) atoms. The Morgan fingerprint density at radius 2 is 1.29 bits per heavy atom. The minimum Gasteiger partial charge on any atom is -0.497 e. The lowest BCUT2D eigenvalue weighted by Gasteiger charge is -2.19. The molecule has 0 aliphatic heterocycles. The maximum atomic E-state index is 12.8. The zero-order chi connectivity index (χ0) is 27.3. The van der Waals surface area contributed by atoms with Gasteiger partial charge in [-0.2, -0.15) is 0 Å². The number of nitrogens with one attached hydrogen (secondary N) is 2. The number of hydrogen-bond acceptors (Lipinski definition) is 6. The average Bonchev–Trinajstić information content (AvgIpc) is 2.93. The van der Waals surface area contributed by atoms with Crippen LogP contribution in [0.5, 0.6) is 5.75 Å². The molecule has 2 N–H and O–H groups in total.